The van der Waals surface area contributed by atoms with Crippen molar-refractivity contribution in [2.24, 2.45) is 5.92 Å². The molecule has 0 amide bonds. The van der Waals surface area contributed by atoms with Crippen molar-refractivity contribution in [3.8, 4) is 0 Å². The lowest BCUT2D eigenvalue weighted by Crippen LogP contribution is -2.33. The lowest BCUT2D eigenvalue weighted by atomic mass is 9.98. The van der Waals surface area contributed by atoms with Gasteiger partial charge in [0.25, 0.3) is 0 Å². The molecule has 1 saturated heterocycles. The highest BCUT2D eigenvalue weighted by Crippen LogP contribution is 2.22. The number of carbonyl (C=O) groups excluding carboxylic acids is 1. The van der Waals surface area contributed by atoms with Gasteiger partial charge in [0.2, 0.25) is 0 Å². The highest BCUT2D eigenvalue weighted by Gasteiger charge is 2.18. The molecule has 1 aliphatic heterocycles. The van der Waals surface area contributed by atoms with Crippen molar-refractivity contribution in [1.29, 1.82) is 0 Å². The summed E-state index contributed by atoms with van der Waals surface area (Å²) >= 11 is 2.31. The summed E-state index contributed by atoms with van der Waals surface area (Å²) in [6.45, 7) is 2.01. The lowest BCUT2D eigenvalue weighted by Gasteiger charge is -2.31. The van der Waals surface area contributed by atoms with Gasteiger partial charge in [0.1, 0.15) is 6.29 Å². The smallest absolute Gasteiger partial charge is 0.123 e. The Kier molecular flexibility index (Phi) is 3.61. The minimum absolute atomic E-state index is 0.282. The molecule has 1 aromatic rings. The Balaban J connectivity index is 2.01. The molecule has 0 N–H and O–H groups in total. The third-order valence-electron chi connectivity index (χ3n) is 2.92. The Bertz CT molecular complexity index is 328. The SMILES string of the molecule is O=CC1CCN(c2ccc(I)cc2)CC1. The van der Waals surface area contributed by atoms with E-state index >= 15 is 0 Å². The summed E-state index contributed by atoms with van der Waals surface area (Å²) in [7, 11) is 0. The van der Waals surface area contributed by atoms with Crippen molar-refractivity contribution in [1.82, 2.24) is 0 Å². The van der Waals surface area contributed by atoms with E-state index in [-0.39, 0.29) is 5.92 Å². The maximum Gasteiger partial charge on any atom is 0.123 e. The van der Waals surface area contributed by atoms with Crippen LogP contribution in [0.3, 0.4) is 0 Å². The zero-order chi connectivity index (χ0) is 10.7. The van der Waals surface area contributed by atoms with Gasteiger partial charge in [-0.05, 0) is 59.7 Å². The van der Waals surface area contributed by atoms with Crippen molar-refractivity contribution in [3.05, 3.63) is 27.8 Å². The Labute approximate surface area is 104 Å². The summed E-state index contributed by atoms with van der Waals surface area (Å²) in [4.78, 5) is 13.0. The molecule has 0 atom stereocenters. The first-order valence-corrected chi connectivity index (χ1v) is 6.33. The summed E-state index contributed by atoms with van der Waals surface area (Å²) in [6.07, 6.45) is 3.09. The van der Waals surface area contributed by atoms with Gasteiger partial charge in [-0.1, -0.05) is 0 Å². The molecule has 0 spiro atoms. The molecule has 1 heterocycles. The number of nitrogens with zero attached hydrogens (tertiary/aromatic N) is 1. The highest BCUT2D eigenvalue weighted by molar-refractivity contribution is 14.1. The van der Waals surface area contributed by atoms with E-state index in [2.05, 4.69) is 51.8 Å². The van der Waals surface area contributed by atoms with Gasteiger partial charge >= 0.3 is 0 Å². The highest BCUT2D eigenvalue weighted by atomic mass is 127. The number of piperidine rings is 1. The Hall–Kier alpha value is -0.580. The topological polar surface area (TPSA) is 20.3 Å². The molecule has 1 aromatic carbocycles. The van der Waals surface area contributed by atoms with Crippen molar-refractivity contribution in [2.45, 2.75) is 12.8 Å². The van der Waals surface area contributed by atoms with Crippen LogP contribution >= 0.6 is 22.6 Å². The summed E-state index contributed by atoms with van der Waals surface area (Å²) in [5.74, 6) is 0.282. The summed E-state index contributed by atoms with van der Waals surface area (Å²) in [6, 6.07) is 8.56. The van der Waals surface area contributed by atoms with Crippen LogP contribution in [-0.2, 0) is 4.79 Å². The second kappa shape index (κ2) is 4.96. The molecule has 0 saturated carbocycles. The van der Waals surface area contributed by atoms with Crippen LogP contribution in [0, 0.1) is 9.49 Å². The van der Waals surface area contributed by atoms with Gasteiger partial charge in [0, 0.05) is 28.3 Å². The Morgan fingerprint density at radius 1 is 1.20 bits per heavy atom. The summed E-state index contributed by atoms with van der Waals surface area (Å²) in [5.41, 5.74) is 1.28. The number of benzene rings is 1. The fraction of sp³-hybridized carbons (Fsp3) is 0.417. The second-order valence-corrected chi connectivity index (χ2v) is 5.18. The van der Waals surface area contributed by atoms with Crippen LogP contribution in [0.5, 0.6) is 0 Å². The molecule has 2 nitrogen and oxygen atoms in total. The lowest BCUT2D eigenvalue weighted by molar-refractivity contribution is -0.111. The minimum atomic E-state index is 0.282. The van der Waals surface area contributed by atoms with Crippen LogP contribution in [0.25, 0.3) is 0 Å². The molecule has 1 fully saturated rings. The van der Waals surface area contributed by atoms with Gasteiger partial charge in [-0.15, -0.1) is 0 Å². The molecule has 0 aromatic heterocycles. The molecule has 2 rings (SSSR count). The molecule has 15 heavy (non-hydrogen) atoms. The molecule has 3 heteroatoms. The molecule has 0 unspecified atom stereocenters. The second-order valence-electron chi connectivity index (χ2n) is 3.94. The van der Waals surface area contributed by atoms with Crippen LogP contribution in [0.2, 0.25) is 0 Å². The van der Waals surface area contributed by atoms with E-state index in [1.807, 2.05) is 0 Å². The summed E-state index contributed by atoms with van der Waals surface area (Å²) < 4.78 is 1.26. The molecule has 1 aliphatic rings. The van der Waals surface area contributed by atoms with Gasteiger partial charge in [0.15, 0.2) is 0 Å². The van der Waals surface area contributed by atoms with E-state index in [1.54, 1.807) is 0 Å². The van der Waals surface area contributed by atoms with E-state index in [0.717, 1.165) is 32.2 Å². The first-order valence-electron chi connectivity index (χ1n) is 5.25. The average Bonchev–Trinajstić information content (AvgIpc) is 2.30. The predicted molar refractivity (Wildman–Crippen MR) is 70.2 cm³/mol. The van der Waals surface area contributed by atoms with E-state index in [0.29, 0.717) is 0 Å². The zero-order valence-electron chi connectivity index (χ0n) is 8.53. The van der Waals surface area contributed by atoms with Crippen LogP contribution in [0.4, 0.5) is 5.69 Å². The Morgan fingerprint density at radius 3 is 2.33 bits per heavy atom. The number of rotatable bonds is 2. The number of anilines is 1. The van der Waals surface area contributed by atoms with Gasteiger partial charge in [0.05, 0.1) is 0 Å². The fourth-order valence-corrected chi connectivity index (χ4v) is 2.31. The van der Waals surface area contributed by atoms with Gasteiger partial charge in [-0.2, -0.15) is 0 Å². The first-order chi connectivity index (χ1) is 7.29. The van der Waals surface area contributed by atoms with Gasteiger partial charge in [-0.3, -0.25) is 0 Å². The van der Waals surface area contributed by atoms with E-state index in [4.69, 9.17) is 0 Å². The number of carbonyl (C=O) groups is 1. The molecule has 80 valence electrons. The van der Waals surface area contributed by atoms with Crippen molar-refractivity contribution in [3.63, 3.8) is 0 Å². The number of halogens is 1. The third-order valence-corrected chi connectivity index (χ3v) is 3.64. The van der Waals surface area contributed by atoms with Crippen LogP contribution in [0.1, 0.15) is 12.8 Å². The van der Waals surface area contributed by atoms with Crippen molar-refractivity contribution < 1.29 is 4.79 Å². The largest absolute Gasteiger partial charge is 0.371 e. The fourth-order valence-electron chi connectivity index (χ4n) is 1.95. The van der Waals surface area contributed by atoms with Crippen LogP contribution in [-0.4, -0.2) is 19.4 Å². The number of aldehydes is 1. The number of hydrogen-bond donors (Lipinski definition) is 0. The van der Waals surface area contributed by atoms with Gasteiger partial charge in [-0.25, -0.2) is 0 Å². The monoisotopic (exact) mass is 315 g/mol. The van der Waals surface area contributed by atoms with E-state index in [1.165, 1.54) is 9.26 Å². The first kappa shape index (κ1) is 10.9. The molecular formula is C12H14INO. The number of hydrogen-bond acceptors (Lipinski definition) is 2. The standard InChI is InChI=1S/C12H14INO/c13-11-1-3-12(4-2-11)14-7-5-10(9-15)6-8-14/h1-4,9-10H,5-8H2. The van der Waals surface area contributed by atoms with Crippen LogP contribution < -0.4 is 4.90 Å². The molecule has 0 bridgehead atoms. The average molecular weight is 315 g/mol. The summed E-state index contributed by atoms with van der Waals surface area (Å²) in [5, 5.41) is 0. The Morgan fingerprint density at radius 2 is 1.80 bits per heavy atom. The van der Waals surface area contributed by atoms with Crippen molar-refractivity contribution >= 4 is 34.6 Å². The van der Waals surface area contributed by atoms with Crippen molar-refractivity contribution in [2.75, 3.05) is 18.0 Å². The normalized spacial score (nSPS) is 17.8. The quantitative estimate of drug-likeness (QED) is 0.618. The predicted octanol–water partition coefficient (Wildman–Crippen LogP) is 2.71. The van der Waals surface area contributed by atoms with Gasteiger partial charge < -0.3 is 9.69 Å². The maximum atomic E-state index is 10.6. The van der Waals surface area contributed by atoms with Crippen LogP contribution in [0.15, 0.2) is 24.3 Å². The molecule has 0 aliphatic carbocycles. The maximum absolute atomic E-state index is 10.6. The third kappa shape index (κ3) is 2.71. The zero-order valence-corrected chi connectivity index (χ0v) is 10.7. The van der Waals surface area contributed by atoms with E-state index in [9.17, 15) is 4.79 Å². The minimum Gasteiger partial charge on any atom is -0.371 e. The molecular weight excluding hydrogens is 301 g/mol. The molecule has 0 radical (unpaired) electrons. The van der Waals surface area contributed by atoms with E-state index < -0.39 is 0 Å².